The van der Waals surface area contributed by atoms with E-state index in [0.29, 0.717) is 10.2 Å². The molecule has 0 spiro atoms. The molecule has 0 aromatic heterocycles. The number of phenolic OH excluding ortho intramolecular Hbond substituents is 1. The van der Waals surface area contributed by atoms with Crippen LogP contribution in [0.15, 0.2) is 16.6 Å². The van der Waals surface area contributed by atoms with Crippen LogP contribution in [0.25, 0.3) is 0 Å². The molecule has 1 fully saturated rings. The summed E-state index contributed by atoms with van der Waals surface area (Å²) in [5.74, 6) is 0.901. The molecule has 0 atom stereocenters. The molecule has 5 heteroatoms. The quantitative estimate of drug-likeness (QED) is 0.866. The third-order valence-electron chi connectivity index (χ3n) is 2.74. The molecule has 0 aliphatic carbocycles. The highest BCUT2D eigenvalue weighted by molar-refractivity contribution is 9.10. The van der Waals surface area contributed by atoms with Gasteiger partial charge >= 0.3 is 0 Å². The van der Waals surface area contributed by atoms with E-state index >= 15 is 0 Å². The topological polar surface area (TPSA) is 44.7 Å². The number of nitrogens with one attached hydrogen (secondary N) is 1. The van der Waals surface area contributed by atoms with E-state index in [0.717, 1.165) is 31.9 Å². The van der Waals surface area contributed by atoms with Crippen molar-refractivity contribution < 1.29 is 9.84 Å². The Kier molecular flexibility index (Phi) is 3.56. The van der Waals surface area contributed by atoms with Crippen LogP contribution in [0.5, 0.6) is 11.5 Å². The summed E-state index contributed by atoms with van der Waals surface area (Å²) in [6, 6.07) is 3.76. The van der Waals surface area contributed by atoms with E-state index in [9.17, 15) is 5.11 Å². The molecule has 0 bridgehead atoms. The van der Waals surface area contributed by atoms with Gasteiger partial charge in [0.1, 0.15) is 10.2 Å². The first-order valence-corrected chi connectivity index (χ1v) is 6.04. The van der Waals surface area contributed by atoms with Gasteiger partial charge in [-0.05, 0) is 28.1 Å². The minimum atomic E-state index is 0.251. The van der Waals surface area contributed by atoms with Gasteiger partial charge in [0, 0.05) is 26.2 Å². The Hall–Kier alpha value is -0.940. The maximum absolute atomic E-state index is 10.1. The maximum Gasteiger partial charge on any atom is 0.156 e. The van der Waals surface area contributed by atoms with Crippen molar-refractivity contribution in [2.45, 2.75) is 0 Å². The van der Waals surface area contributed by atoms with Crippen LogP contribution in [0, 0.1) is 0 Å². The van der Waals surface area contributed by atoms with E-state index in [1.807, 2.05) is 12.1 Å². The second-order valence-corrected chi connectivity index (χ2v) is 4.48. The Morgan fingerprint density at radius 1 is 1.38 bits per heavy atom. The Balaban J connectivity index is 2.30. The average Bonchev–Trinajstić information content (AvgIpc) is 2.34. The van der Waals surface area contributed by atoms with Crippen molar-refractivity contribution in [2.75, 3.05) is 38.2 Å². The van der Waals surface area contributed by atoms with Gasteiger partial charge in [-0.1, -0.05) is 0 Å². The fraction of sp³-hybridized carbons (Fsp3) is 0.455. The van der Waals surface area contributed by atoms with Crippen molar-refractivity contribution in [3.05, 3.63) is 16.6 Å². The number of aromatic hydroxyl groups is 1. The van der Waals surface area contributed by atoms with Crippen molar-refractivity contribution in [1.29, 1.82) is 0 Å². The van der Waals surface area contributed by atoms with Crippen LogP contribution in [0.4, 0.5) is 5.69 Å². The largest absolute Gasteiger partial charge is 0.505 e. The van der Waals surface area contributed by atoms with Crippen LogP contribution in [0.3, 0.4) is 0 Å². The summed E-state index contributed by atoms with van der Waals surface area (Å²) in [5, 5.41) is 13.4. The van der Waals surface area contributed by atoms with Gasteiger partial charge in [0.2, 0.25) is 0 Å². The predicted molar refractivity (Wildman–Crippen MR) is 67.4 cm³/mol. The number of halogens is 1. The lowest BCUT2D eigenvalue weighted by atomic mass is 10.2. The van der Waals surface area contributed by atoms with Gasteiger partial charge < -0.3 is 20.1 Å². The number of piperazine rings is 1. The summed E-state index contributed by atoms with van der Waals surface area (Å²) in [5.41, 5.74) is 0.856. The number of hydrogen-bond acceptors (Lipinski definition) is 4. The Bertz CT molecular complexity index is 378. The van der Waals surface area contributed by atoms with Crippen molar-refractivity contribution in [1.82, 2.24) is 5.32 Å². The molecule has 4 nitrogen and oxygen atoms in total. The van der Waals surface area contributed by atoms with Gasteiger partial charge in [0.15, 0.2) is 5.75 Å². The minimum Gasteiger partial charge on any atom is -0.505 e. The minimum absolute atomic E-state index is 0.251. The van der Waals surface area contributed by atoms with Gasteiger partial charge in [0.05, 0.1) is 12.8 Å². The molecule has 2 N–H and O–H groups in total. The van der Waals surface area contributed by atoms with Crippen LogP contribution >= 0.6 is 15.9 Å². The summed E-state index contributed by atoms with van der Waals surface area (Å²) in [6.07, 6.45) is 0. The summed E-state index contributed by atoms with van der Waals surface area (Å²) >= 11 is 3.34. The molecule has 0 amide bonds. The van der Waals surface area contributed by atoms with Crippen molar-refractivity contribution in [3.63, 3.8) is 0 Å². The number of hydrogen-bond donors (Lipinski definition) is 2. The molecule has 1 aromatic carbocycles. The highest BCUT2D eigenvalue weighted by Gasteiger charge is 2.17. The number of nitrogens with zero attached hydrogens (tertiary/aromatic N) is 1. The number of methoxy groups -OCH3 is 1. The first-order valence-electron chi connectivity index (χ1n) is 5.25. The summed E-state index contributed by atoms with van der Waals surface area (Å²) in [7, 11) is 1.59. The lowest BCUT2D eigenvalue weighted by molar-refractivity contribution is 0.403. The van der Waals surface area contributed by atoms with E-state index in [-0.39, 0.29) is 5.75 Å². The molecule has 2 rings (SSSR count). The Labute approximate surface area is 103 Å². The molecule has 0 saturated carbocycles. The van der Waals surface area contributed by atoms with Crippen LogP contribution < -0.4 is 15.0 Å². The van der Waals surface area contributed by atoms with E-state index in [2.05, 4.69) is 26.1 Å². The molecule has 1 aromatic rings. The summed E-state index contributed by atoms with van der Waals surface area (Å²) in [4.78, 5) is 2.16. The number of phenols is 1. The highest BCUT2D eigenvalue weighted by atomic mass is 79.9. The van der Waals surface area contributed by atoms with Crippen LogP contribution in [-0.2, 0) is 0 Å². The van der Waals surface area contributed by atoms with Crippen molar-refractivity contribution in [2.24, 2.45) is 0 Å². The molecule has 1 heterocycles. The summed E-state index contributed by atoms with van der Waals surface area (Å²) in [6.45, 7) is 3.71. The Morgan fingerprint density at radius 3 is 2.69 bits per heavy atom. The van der Waals surface area contributed by atoms with Gasteiger partial charge in [-0.25, -0.2) is 0 Å². The molecular weight excluding hydrogens is 272 g/mol. The molecule has 1 saturated heterocycles. The van der Waals surface area contributed by atoms with Gasteiger partial charge in [-0.3, -0.25) is 0 Å². The monoisotopic (exact) mass is 286 g/mol. The SMILES string of the molecule is COc1ccc(N2CCNCC2)c(O)c1Br. The molecular formula is C11H15BrN2O2. The second-order valence-electron chi connectivity index (χ2n) is 3.69. The molecule has 88 valence electrons. The highest BCUT2D eigenvalue weighted by Crippen LogP contribution is 2.40. The van der Waals surface area contributed by atoms with Crippen LogP contribution in [0.2, 0.25) is 0 Å². The fourth-order valence-electron chi connectivity index (χ4n) is 1.85. The van der Waals surface area contributed by atoms with Gasteiger partial charge in [-0.2, -0.15) is 0 Å². The van der Waals surface area contributed by atoms with E-state index in [1.165, 1.54) is 0 Å². The Morgan fingerprint density at radius 2 is 2.06 bits per heavy atom. The lowest BCUT2D eigenvalue weighted by Crippen LogP contribution is -2.43. The predicted octanol–water partition coefficient (Wildman–Crippen LogP) is 1.57. The zero-order valence-corrected chi connectivity index (χ0v) is 10.7. The van der Waals surface area contributed by atoms with Gasteiger partial charge in [-0.15, -0.1) is 0 Å². The number of anilines is 1. The van der Waals surface area contributed by atoms with E-state index in [4.69, 9.17) is 4.74 Å². The van der Waals surface area contributed by atoms with Crippen molar-refractivity contribution >= 4 is 21.6 Å². The van der Waals surface area contributed by atoms with Gasteiger partial charge in [0.25, 0.3) is 0 Å². The smallest absolute Gasteiger partial charge is 0.156 e. The first-order chi connectivity index (χ1) is 7.74. The van der Waals surface area contributed by atoms with E-state index in [1.54, 1.807) is 7.11 Å². The number of rotatable bonds is 2. The van der Waals surface area contributed by atoms with Crippen LogP contribution in [0.1, 0.15) is 0 Å². The zero-order valence-electron chi connectivity index (χ0n) is 9.16. The second kappa shape index (κ2) is 4.93. The maximum atomic E-state index is 10.1. The molecule has 0 radical (unpaired) electrons. The molecule has 1 aliphatic rings. The number of benzene rings is 1. The lowest BCUT2D eigenvalue weighted by Gasteiger charge is -2.30. The number of ether oxygens (including phenoxy) is 1. The van der Waals surface area contributed by atoms with Crippen molar-refractivity contribution in [3.8, 4) is 11.5 Å². The third-order valence-corrected chi connectivity index (χ3v) is 3.50. The average molecular weight is 287 g/mol. The zero-order chi connectivity index (χ0) is 11.5. The fourth-order valence-corrected chi connectivity index (χ4v) is 2.35. The van der Waals surface area contributed by atoms with Crippen LogP contribution in [-0.4, -0.2) is 38.4 Å². The normalized spacial score (nSPS) is 16.2. The molecule has 0 unspecified atom stereocenters. The molecule has 1 aliphatic heterocycles. The standard InChI is InChI=1S/C11H15BrN2O2/c1-16-9-3-2-8(11(15)10(9)12)14-6-4-13-5-7-14/h2-3,13,15H,4-7H2,1H3. The first kappa shape index (κ1) is 11.5. The third kappa shape index (κ3) is 2.10. The molecule has 16 heavy (non-hydrogen) atoms. The van der Waals surface area contributed by atoms with E-state index < -0.39 is 0 Å². The summed E-state index contributed by atoms with van der Waals surface area (Å²) < 4.78 is 5.75.